The second kappa shape index (κ2) is 6.89. The molecular formula is C14H12BrFN2O3S. The fourth-order valence-corrected chi connectivity index (χ4v) is 2.87. The van der Waals surface area contributed by atoms with Gasteiger partial charge in [0.15, 0.2) is 6.10 Å². The van der Waals surface area contributed by atoms with Crippen LogP contribution in [0.3, 0.4) is 0 Å². The van der Waals surface area contributed by atoms with Crippen molar-refractivity contribution in [2.24, 2.45) is 5.73 Å². The monoisotopic (exact) mass is 386 g/mol. The lowest BCUT2D eigenvalue weighted by Gasteiger charge is -2.15. The van der Waals surface area contributed by atoms with Gasteiger partial charge in [-0.25, -0.2) is 4.39 Å². The molecule has 0 aliphatic rings. The summed E-state index contributed by atoms with van der Waals surface area (Å²) in [6.45, 7) is 1.54. The Morgan fingerprint density at radius 1 is 1.41 bits per heavy atom. The second-order valence-electron chi connectivity index (χ2n) is 4.35. The molecule has 1 aromatic carbocycles. The molecule has 0 bridgehead atoms. The van der Waals surface area contributed by atoms with Gasteiger partial charge in [0, 0.05) is 0 Å². The number of hydrogen-bond acceptors (Lipinski definition) is 4. The van der Waals surface area contributed by atoms with E-state index in [9.17, 15) is 14.0 Å². The van der Waals surface area contributed by atoms with Crippen LogP contribution in [-0.4, -0.2) is 17.9 Å². The number of thiophene rings is 1. The molecule has 2 aromatic rings. The molecule has 0 saturated heterocycles. The number of carbonyl (C=O) groups is 2. The van der Waals surface area contributed by atoms with Gasteiger partial charge in [-0.15, -0.1) is 11.3 Å². The number of carbonyl (C=O) groups excluding carboxylic acids is 2. The van der Waals surface area contributed by atoms with Crippen LogP contribution in [0.4, 0.5) is 9.39 Å². The van der Waals surface area contributed by atoms with Gasteiger partial charge in [-0.3, -0.25) is 9.59 Å². The fourth-order valence-electron chi connectivity index (χ4n) is 1.63. The summed E-state index contributed by atoms with van der Waals surface area (Å²) in [6.07, 6.45) is -0.843. The van der Waals surface area contributed by atoms with Gasteiger partial charge < -0.3 is 15.8 Å². The topological polar surface area (TPSA) is 81.4 Å². The molecule has 0 fully saturated rings. The SMILES string of the molecule is C[C@@H](Oc1ccc(F)cc1Br)C(=O)Nc1sccc1C(N)=O. The summed E-state index contributed by atoms with van der Waals surface area (Å²) in [4.78, 5) is 23.3. The van der Waals surface area contributed by atoms with Crippen molar-refractivity contribution in [1.29, 1.82) is 0 Å². The molecule has 1 heterocycles. The Hall–Kier alpha value is -1.93. The first-order chi connectivity index (χ1) is 10.4. The molecule has 1 aromatic heterocycles. The second-order valence-corrected chi connectivity index (χ2v) is 6.12. The van der Waals surface area contributed by atoms with E-state index in [1.807, 2.05) is 0 Å². The lowest BCUT2D eigenvalue weighted by atomic mass is 10.3. The summed E-state index contributed by atoms with van der Waals surface area (Å²) in [5.41, 5.74) is 5.46. The standard InChI is InChI=1S/C14H12BrFN2O3S/c1-7(21-11-3-2-8(16)6-10(11)15)13(20)18-14-9(12(17)19)4-5-22-14/h2-7H,1H3,(H2,17,19)(H,18,20)/t7-/m1/s1. The lowest BCUT2D eigenvalue weighted by Crippen LogP contribution is -2.30. The lowest BCUT2D eigenvalue weighted by molar-refractivity contribution is -0.122. The summed E-state index contributed by atoms with van der Waals surface area (Å²) in [5.74, 6) is -1.14. The van der Waals surface area contributed by atoms with E-state index in [1.165, 1.54) is 35.6 Å². The molecule has 2 rings (SSSR count). The number of benzene rings is 1. The Morgan fingerprint density at radius 2 is 2.14 bits per heavy atom. The van der Waals surface area contributed by atoms with Crippen LogP contribution in [0.15, 0.2) is 34.1 Å². The van der Waals surface area contributed by atoms with Crippen LogP contribution in [0.1, 0.15) is 17.3 Å². The summed E-state index contributed by atoms with van der Waals surface area (Å²) < 4.78 is 18.9. The zero-order valence-electron chi connectivity index (χ0n) is 11.4. The summed E-state index contributed by atoms with van der Waals surface area (Å²) in [5, 5.41) is 4.60. The van der Waals surface area contributed by atoms with Gasteiger partial charge >= 0.3 is 0 Å². The maximum Gasteiger partial charge on any atom is 0.265 e. The van der Waals surface area contributed by atoms with E-state index in [0.29, 0.717) is 15.2 Å². The normalized spacial score (nSPS) is 11.8. The van der Waals surface area contributed by atoms with Gasteiger partial charge in [-0.05, 0) is 52.5 Å². The number of halogens is 2. The van der Waals surface area contributed by atoms with Crippen molar-refractivity contribution in [2.45, 2.75) is 13.0 Å². The van der Waals surface area contributed by atoms with Crippen molar-refractivity contribution in [3.8, 4) is 5.75 Å². The van der Waals surface area contributed by atoms with Gasteiger partial charge in [0.25, 0.3) is 11.8 Å². The van der Waals surface area contributed by atoms with Crippen molar-refractivity contribution in [2.75, 3.05) is 5.32 Å². The first kappa shape index (κ1) is 16.4. The van der Waals surface area contributed by atoms with E-state index in [-0.39, 0.29) is 5.56 Å². The van der Waals surface area contributed by atoms with Gasteiger partial charge in [0.1, 0.15) is 16.6 Å². The average Bonchev–Trinajstić information content (AvgIpc) is 2.90. The Kier molecular flexibility index (Phi) is 5.15. The molecule has 8 heteroatoms. The minimum absolute atomic E-state index is 0.244. The van der Waals surface area contributed by atoms with E-state index in [0.717, 1.165) is 0 Å². The fraction of sp³-hybridized carbons (Fsp3) is 0.143. The summed E-state index contributed by atoms with van der Waals surface area (Å²) in [6, 6.07) is 5.42. The molecule has 0 saturated carbocycles. The molecule has 0 aliphatic heterocycles. The number of primary amides is 1. The Balaban J connectivity index is 2.06. The highest BCUT2D eigenvalue weighted by Gasteiger charge is 2.19. The maximum absolute atomic E-state index is 13.0. The molecule has 2 amide bonds. The highest BCUT2D eigenvalue weighted by atomic mass is 79.9. The molecule has 22 heavy (non-hydrogen) atoms. The van der Waals surface area contributed by atoms with Crippen LogP contribution in [0.25, 0.3) is 0 Å². The molecule has 116 valence electrons. The highest BCUT2D eigenvalue weighted by Crippen LogP contribution is 2.27. The number of ether oxygens (including phenoxy) is 1. The molecule has 0 unspecified atom stereocenters. The molecule has 5 nitrogen and oxygen atoms in total. The largest absolute Gasteiger partial charge is 0.480 e. The first-order valence-corrected chi connectivity index (χ1v) is 7.85. The Bertz CT molecular complexity index is 720. The quantitative estimate of drug-likeness (QED) is 0.827. The highest BCUT2D eigenvalue weighted by molar-refractivity contribution is 9.10. The number of amides is 2. The van der Waals surface area contributed by atoms with E-state index < -0.39 is 23.7 Å². The molecule has 0 spiro atoms. The summed E-state index contributed by atoms with van der Waals surface area (Å²) in [7, 11) is 0. The van der Waals surface area contributed by atoms with Crippen molar-refractivity contribution in [3.63, 3.8) is 0 Å². The van der Waals surface area contributed by atoms with E-state index >= 15 is 0 Å². The van der Waals surface area contributed by atoms with E-state index in [4.69, 9.17) is 10.5 Å². The van der Waals surface area contributed by atoms with Crippen molar-refractivity contribution < 1.29 is 18.7 Å². The minimum atomic E-state index is -0.843. The van der Waals surface area contributed by atoms with Gasteiger partial charge in [-0.1, -0.05) is 0 Å². The number of anilines is 1. The van der Waals surface area contributed by atoms with Crippen LogP contribution in [0.2, 0.25) is 0 Å². The summed E-state index contributed by atoms with van der Waals surface area (Å²) >= 11 is 4.35. The van der Waals surface area contributed by atoms with Crippen LogP contribution in [0, 0.1) is 5.82 Å². The third kappa shape index (κ3) is 3.83. The van der Waals surface area contributed by atoms with Crippen molar-refractivity contribution in [1.82, 2.24) is 0 Å². The van der Waals surface area contributed by atoms with Crippen LogP contribution >= 0.6 is 27.3 Å². The maximum atomic E-state index is 13.0. The predicted molar refractivity (Wildman–Crippen MR) is 85.7 cm³/mol. The Morgan fingerprint density at radius 3 is 2.77 bits per heavy atom. The van der Waals surface area contributed by atoms with Gasteiger partial charge in [0.2, 0.25) is 0 Å². The average molecular weight is 387 g/mol. The molecule has 0 aliphatic carbocycles. The van der Waals surface area contributed by atoms with Crippen molar-refractivity contribution >= 4 is 44.1 Å². The molecule has 1 atom stereocenters. The van der Waals surface area contributed by atoms with Crippen molar-refractivity contribution in [3.05, 3.63) is 45.5 Å². The molecular weight excluding hydrogens is 375 g/mol. The van der Waals surface area contributed by atoms with Crippen LogP contribution in [0.5, 0.6) is 5.75 Å². The smallest absolute Gasteiger partial charge is 0.265 e. The Labute approximate surface area is 138 Å². The third-order valence-corrected chi connectivity index (χ3v) is 4.18. The number of rotatable bonds is 5. The number of nitrogens with two attached hydrogens (primary N) is 1. The molecule has 3 N–H and O–H groups in total. The van der Waals surface area contributed by atoms with E-state index in [2.05, 4.69) is 21.2 Å². The predicted octanol–water partition coefficient (Wildman–Crippen LogP) is 3.15. The third-order valence-electron chi connectivity index (χ3n) is 2.73. The van der Waals surface area contributed by atoms with E-state index in [1.54, 1.807) is 12.3 Å². The zero-order valence-corrected chi connectivity index (χ0v) is 13.8. The first-order valence-electron chi connectivity index (χ1n) is 6.18. The van der Waals surface area contributed by atoms with Crippen LogP contribution < -0.4 is 15.8 Å². The minimum Gasteiger partial charge on any atom is -0.480 e. The number of hydrogen-bond donors (Lipinski definition) is 2. The zero-order chi connectivity index (χ0) is 16.3. The van der Waals surface area contributed by atoms with Crippen LogP contribution in [-0.2, 0) is 4.79 Å². The van der Waals surface area contributed by atoms with Gasteiger partial charge in [0.05, 0.1) is 10.0 Å². The number of nitrogens with one attached hydrogen (secondary N) is 1. The molecule has 0 radical (unpaired) electrons. The van der Waals surface area contributed by atoms with Gasteiger partial charge in [-0.2, -0.15) is 0 Å².